The number of rotatable bonds is 6. The van der Waals surface area contributed by atoms with Crippen LogP contribution in [0.25, 0.3) is 0 Å². The molecule has 1 unspecified atom stereocenters. The van der Waals surface area contributed by atoms with Crippen molar-refractivity contribution in [3.05, 3.63) is 5.82 Å². The number of hydrogen-bond donors (Lipinski definition) is 0. The smallest absolute Gasteiger partial charge is 0.378 e. The molecule has 0 spiro atoms. The maximum atomic E-state index is 12.2. The fourth-order valence-electron chi connectivity index (χ4n) is 1.69. The van der Waals surface area contributed by atoms with Gasteiger partial charge in [0.15, 0.2) is 0 Å². The molecule has 8 heteroatoms. The SMILES string of the molecule is CCOC(=O)c1nnnn1C(C)C(=O)N(CC)CC. The Morgan fingerprint density at radius 3 is 2.47 bits per heavy atom. The highest BCUT2D eigenvalue weighted by molar-refractivity contribution is 5.87. The van der Waals surface area contributed by atoms with E-state index in [0.29, 0.717) is 13.1 Å². The van der Waals surface area contributed by atoms with Gasteiger partial charge in [-0.3, -0.25) is 4.79 Å². The third-order valence-electron chi connectivity index (χ3n) is 2.75. The number of ether oxygens (including phenoxy) is 1. The first-order chi connectivity index (χ1) is 9.06. The molecule has 0 radical (unpaired) electrons. The van der Waals surface area contributed by atoms with Gasteiger partial charge in [-0.1, -0.05) is 0 Å². The maximum Gasteiger partial charge on any atom is 0.378 e. The lowest BCUT2D eigenvalue weighted by atomic mass is 10.3. The van der Waals surface area contributed by atoms with Crippen molar-refractivity contribution >= 4 is 11.9 Å². The molecule has 0 N–H and O–H groups in total. The number of amides is 1. The average Bonchev–Trinajstić information content (AvgIpc) is 2.88. The van der Waals surface area contributed by atoms with Gasteiger partial charge < -0.3 is 9.64 Å². The highest BCUT2D eigenvalue weighted by Gasteiger charge is 2.27. The quantitative estimate of drug-likeness (QED) is 0.689. The van der Waals surface area contributed by atoms with Crippen LogP contribution in [0.3, 0.4) is 0 Å². The molecule has 1 aromatic heterocycles. The lowest BCUT2D eigenvalue weighted by molar-refractivity contribution is -0.134. The van der Waals surface area contributed by atoms with E-state index in [-0.39, 0.29) is 18.3 Å². The lowest BCUT2D eigenvalue weighted by Crippen LogP contribution is -2.37. The monoisotopic (exact) mass is 269 g/mol. The third kappa shape index (κ3) is 3.27. The fraction of sp³-hybridized carbons (Fsp3) is 0.727. The van der Waals surface area contributed by atoms with Crippen molar-refractivity contribution in [1.29, 1.82) is 0 Å². The molecule has 19 heavy (non-hydrogen) atoms. The Hall–Kier alpha value is -1.99. The molecule has 1 aromatic rings. The summed E-state index contributed by atoms with van der Waals surface area (Å²) >= 11 is 0. The summed E-state index contributed by atoms with van der Waals surface area (Å²) in [5.41, 5.74) is 0. The molecule has 0 bridgehead atoms. The van der Waals surface area contributed by atoms with E-state index < -0.39 is 12.0 Å². The molecule has 1 amide bonds. The first kappa shape index (κ1) is 15.1. The largest absolute Gasteiger partial charge is 0.460 e. The zero-order chi connectivity index (χ0) is 14.4. The minimum Gasteiger partial charge on any atom is -0.460 e. The second-order valence-electron chi connectivity index (χ2n) is 3.85. The van der Waals surface area contributed by atoms with Crippen LogP contribution in [-0.2, 0) is 9.53 Å². The Morgan fingerprint density at radius 1 is 1.32 bits per heavy atom. The minimum atomic E-state index is -0.644. The summed E-state index contributed by atoms with van der Waals surface area (Å²) in [5, 5.41) is 10.7. The van der Waals surface area contributed by atoms with E-state index in [1.807, 2.05) is 13.8 Å². The van der Waals surface area contributed by atoms with Gasteiger partial charge in [0.25, 0.3) is 5.82 Å². The molecule has 0 aromatic carbocycles. The minimum absolute atomic E-state index is 0.0603. The summed E-state index contributed by atoms with van der Waals surface area (Å²) in [5.74, 6) is -0.829. The van der Waals surface area contributed by atoms with Crippen LogP contribution >= 0.6 is 0 Å². The van der Waals surface area contributed by atoms with Gasteiger partial charge in [0.1, 0.15) is 6.04 Å². The normalized spacial score (nSPS) is 12.0. The summed E-state index contributed by atoms with van der Waals surface area (Å²) in [6.07, 6.45) is 0. The van der Waals surface area contributed by atoms with E-state index in [0.717, 1.165) is 0 Å². The standard InChI is InChI=1S/C11H19N5O3/c1-5-15(6-2)10(17)8(4)16-9(12-13-14-16)11(18)19-7-3/h8H,5-7H2,1-4H3. The van der Waals surface area contributed by atoms with Gasteiger partial charge in [-0.2, -0.15) is 0 Å². The molecule has 1 heterocycles. The first-order valence-electron chi connectivity index (χ1n) is 6.30. The van der Waals surface area contributed by atoms with Crippen molar-refractivity contribution in [2.45, 2.75) is 33.7 Å². The van der Waals surface area contributed by atoms with Gasteiger partial charge in [0.2, 0.25) is 5.91 Å². The van der Waals surface area contributed by atoms with Crippen LogP contribution in [0.2, 0.25) is 0 Å². The van der Waals surface area contributed by atoms with Crippen LogP contribution in [0, 0.1) is 0 Å². The van der Waals surface area contributed by atoms with Crippen molar-refractivity contribution in [2.24, 2.45) is 0 Å². The number of likely N-dealkylation sites (N-methyl/N-ethyl adjacent to an activating group) is 1. The molecule has 0 aliphatic carbocycles. The van der Waals surface area contributed by atoms with Crippen LogP contribution in [0.1, 0.15) is 44.4 Å². The fourth-order valence-corrected chi connectivity index (χ4v) is 1.69. The van der Waals surface area contributed by atoms with E-state index in [2.05, 4.69) is 15.5 Å². The number of aromatic nitrogens is 4. The number of tetrazole rings is 1. The van der Waals surface area contributed by atoms with Crippen LogP contribution in [0.5, 0.6) is 0 Å². The van der Waals surface area contributed by atoms with Gasteiger partial charge in [0, 0.05) is 13.1 Å². The zero-order valence-electron chi connectivity index (χ0n) is 11.7. The molecule has 1 rings (SSSR count). The predicted octanol–water partition coefficient (Wildman–Crippen LogP) is 0.279. The summed E-state index contributed by atoms with van der Waals surface area (Å²) in [6, 6.07) is -0.644. The third-order valence-corrected chi connectivity index (χ3v) is 2.75. The van der Waals surface area contributed by atoms with E-state index in [9.17, 15) is 9.59 Å². The Labute approximate surface area is 111 Å². The number of esters is 1. The van der Waals surface area contributed by atoms with Crippen molar-refractivity contribution in [1.82, 2.24) is 25.1 Å². The Morgan fingerprint density at radius 2 is 1.95 bits per heavy atom. The van der Waals surface area contributed by atoms with Crippen LogP contribution in [0.15, 0.2) is 0 Å². The first-order valence-corrected chi connectivity index (χ1v) is 6.30. The number of nitrogens with zero attached hydrogens (tertiary/aromatic N) is 5. The van der Waals surface area contributed by atoms with Crippen molar-refractivity contribution in [2.75, 3.05) is 19.7 Å². The maximum absolute atomic E-state index is 12.2. The van der Waals surface area contributed by atoms with Gasteiger partial charge >= 0.3 is 5.97 Å². The molecular weight excluding hydrogens is 250 g/mol. The Bertz CT molecular complexity index is 441. The average molecular weight is 269 g/mol. The van der Waals surface area contributed by atoms with Crippen LogP contribution < -0.4 is 0 Å². The summed E-state index contributed by atoms with van der Waals surface area (Å²) in [7, 11) is 0. The van der Waals surface area contributed by atoms with E-state index in [1.54, 1.807) is 18.7 Å². The summed E-state index contributed by atoms with van der Waals surface area (Å²) in [4.78, 5) is 25.5. The van der Waals surface area contributed by atoms with Gasteiger partial charge in [-0.25, -0.2) is 9.48 Å². The number of carbonyl (C=O) groups is 2. The van der Waals surface area contributed by atoms with Gasteiger partial charge in [0.05, 0.1) is 6.61 Å². The highest BCUT2D eigenvalue weighted by atomic mass is 16.5. The molecule has 8 nitrogen and oxygen atoms in total. The molecule has 106 valence electrons. The lowest BCUT2D eigenvalue weighted by Gasteiger charge is -2.22. The molecule has 0 fully saturated rings. The van der Waals surface area contributed by atoms with E-state index in [1.165, 1.54) is 4.68 Å². The molecule has 0 aliphatic heterocycles. The second kappa shape index (κ2) is 6.81. The predicted molar refractivity (Wildman–Crippen MR) is 66.4 cm³/mol. The van der Waals surface area contributed by atoms with E-state index in [4.69, 9.17) is 4.74 Å². The molecule has 0 saturated heterocycles. The molecular formula is C11H19N5O3. The summed E-state index contributed by atoms with van der Waals surface area (Å²) in [6.45, 7) is 8.54. The van der Waals surface area contributed by atoms with E-state index >= 15 is 0 Å². The van der Waals surface area contributed by atoms with Crippen molar-refractivity contribution < 1.29 is 14.3 Å². The topological polar surface area (TPSA) is 90.2 Å². The molecule has 1 atom stereocenters. The highest BCUT2D eigenvalue weighted by Crippen LogP contribution is 2.11. The number of carbonyl (C=O) groups excluding carboxylic acids is 2. The van der Waals surface area contributed by atoms with Gasteiger partial charge in [-0.15, -0.1) is 5.10 Å². The number of hydrogen-bond acceptors (Lipinski definition) is 6. The summed E-state index contributed by atoms with van der Waals surface area (Å²) < 4.78 is 6.04. The van der Waals surface area contributed by atoms with Crippen molar-refractivity contribution in [3.63, 3.8) is 0 Å². The second-order valence-corrected chi connectivity index (χ2v) is 3.85. The molecule has 0 saturated carbocycles. The molecule has 0 aliphatic rings. The Kier molecular flexibility index (Phi) is 5.40. The van der Waals surface area contributed by atoms with Crippen LogP contribution in [-0.4, -0.2) is 56.7 Å². The van der Waals surface area contributed by atoms with Gasteiger partial charge in [-0.05, 0) is 38.1 Å². The Balaban J connectivity index is 2.94. The van der Waals surface area contributed by atoms with Crippen molar-refractivity contribution in [3.8, 4) is 0 Å². The van der Waals surface area contributed by atoms with Crippen LogP contribution in [0.4, 0.5) is 0 Å². The zero-order valence-corrected chi connectivity index (χ0v) is 11.7.